The highest BCUT2D eigenvalue weighted by Gasteiger charge is 2.39. The second kappa shape index (κ2) is 9.42. The van der Waals surface area contributed by atoms with Crippen LogP contribution in [-0.2, 0) is 9.53 Å². The maximum Gasteiger partial charge on any atom is 0.340 e. The number of ether oxygens (including phenoxy) is 2. The van der Waals surface area contributed by atoms with Crippen molar-refractivity contribution in [2.45, 2.75) is 31.3 Å². The van der Waals surface area contributed by atoms with Crippen molar-refractivity contribution in [2.24, 2.45) is 10.2 Å². The smallest absolute Gasteiger partial charge is 0.340 e. The maximum absolute atomic E-state index is 12.4. The number of nitrogens with one attached hydrogen (secondary N) is 1. The summed E-state index contributed by atoms with van der Waals surface area (Å²) in [5.41, 5.74) is -0.0247. The van der Waals surface area contributed by atoms with Gasteiger partial charge >= 0.3 is 5.97 Å². The fourth-order valence-electron chi connectivity index (χ4n) is 2.81. The largest absolute Gasteiger partial charge is 0.465 e. The van der Waals surface area contributed by atoms with E-state index in [1.807, 2.05) is 0 Å². The zero-order valence-corrected chi connectivity index (χ0v) is 17.1. The van der Waals surface area contributed by atoms with Gasteiger partial charge in [0.25, 0.3) is 0 Å². The molecule has 0 fully saturated rings. The zero-order valence-electron chi connectivity index (χ0n) is 16.4. The third-order valence-electron chi connectivity index (χ3n) is 4.52. The fraction of sp³-hybridized carbons (Fsp3) is 0.273. The molecule has 1 amide bonds. The Morgan fingerprint density at radius 3 is 2.47 bits per heavy atom. The molecule has 8 heteroatoms. The summed E-state index contributed by atoms with van der Waals surface area (Å²) in [4.78, 5) is 24.6. The Labute approximate surface area is 179 Å². The molecule has 0 aliphatic carbocycles. The van der Waals surface area contributed by atoms with Crippen molar-refractivity contribution in [3.63, 3.8) is 0 Å². The van der Waals surface area contributed by atoms with Gasteiger partial charge in [-0.2, -0.15) is 10.2 Å². The van der Waals surface area contributed by atoms with Gasteiger partial charge in [-0.3, -0.25) is 4.79 Å². The van der Waals surface area contributed by atoms with Crippen molar-refractivity contribution < 1.29 is 19.1 Å². The molecule has 1 N–H and O–H groups in total. The summed E-state index contributed by atoms with van der Waals surface area (Å²) in [5.74, 6) is 2.67. The number of benzene rings is 2. The van der Waals surface area contributed by atoms with Gasteiger partial charge in [0.15, 0.2) is 5.66 Å². The number of methoxy groups -OCH3 is 1. The molecule has 2 aromatic rings. The van der Waals surface area contributed by atoms with E-state index in [9.17, 15) is 9.59 Å². The quantitative estimate of drug-likeness (QED) is 0.441. The van der Waals surface area contributed by atoms with Gasteiger partial charge < -0.3 is 14.8 Å². The van der Waals surface area contributed by atoms with Crippen molar-refractivity contribution in [1.82, 2.24) is 0 Å². The Morgan fingerprint density at radius 2 is 1.83 bits per heavy atom. The summed E-state index contributed by atoms with van der Waals surface area (Å²) >= 11 is 5.87. The molecule has 0 saturated heterocycles. The van der Waals surface area contributed by atoms with E-state index in [4.69, 9.17) is 27.5 Å². The molecule has 0 unspecified atom stereocenters. The summed E-state index contributed by atoms with van der Waals surface area (Å²) < 4.78 is 10.6. The normalized spacial score (nSPS) is 13.2. The van der Waals surface area contributed by atoms with Gasteiger partial charge in [0.05, 0.1) is 18.4 Å². The Bertz CT molecular complexity index is 1010. The lowest BCUT2D eigenvalue weighted by molar-refractivity contribution is -0.116. The number of amides is 1. The summed E-state index contributed by atoms with van der Waals surface area (Å²) in [6, 6.07) is 11.6. The van der Waals surface area contributed by atoms with E-state index in [0.29, 0.717) is 41.5 Å². The molecule has 0 radical (unpaired) electrons. The molecule has 1 aliphatic heterocycles. The van der Waals surface area contributed by atoms with Crippen LogP contribution in [0.5, 0.6) is 11.5 Å². The standard InChI is InChI=1S/C22H20ClN3O4/c1-3-4-12-22(25-26-22)13-11-20(27)24-19-10-9-17(14-18(19)21(28)29-2)30-16-7-5-15(23)6-8-16/h1,5-10,14H,4,11-13H2,2H3,(H,24,27). The molecular weight excluding hydrogens is 406 g/mol. The highest BCUT2D eigenvalue weighted by molar-refractivity contribution is 6.30. The van der Waals surface area contributed by atoms with E-state index in [2.05, 4.69) is 21.5 Å². The van der Waals surface area contributed by atoms with Crippen LogP contribution < -0.4 is 10.1 Å². The van der Waals surface area contributed by atoms with Crippen LogP contribution in [-0.4, -0.2) is 24.6 Å². The minimum absolute atomic E-state index is 0.181. The van der Waals surface area contributed by atoms with Crippen LogP contribution >= 0.6 is 11.6 Å². The predicted molar refractivity (Wildman–Crippen MR) is 113 cm³/mol. The maximum atomic E-state index is 12.4. The highest BCUT2D eigenvalue weighted by Crippen LogP contribution is 2.37. The number of halogens is 1. The molecule has 0 atom stereocenters. The van der Waals surface area contributed by atoms with Crippen LogP contribution in [0.2, 0.25) is 5.02 Å². The molecule has 0 spiro atoms. The van der Waals surface area contributed by atoms with E-state index >= 15 is 0 Å². The summed E-state index contributed by atoms with van der Waals surface area (Å²) in [7, 11) is 1.27. The average molecular weight is 426 g/mol. The number of nitrogens with zero attached hydrogens (tertiary/aromatic N) is 2. The van der Waals surface area contributed by atoms with Gasteiger partial charge in [-0.05, 0) is 42.5 Å². The van der Waals surface area contributed by atoms with Crippen LogP contribution in [0.4, 0.5) is 5.69 Å². The molecular formula is C22H20ClN3O4. The summed E-state index contributed by atoms with van der Waals surface area (Å²) in [6.07, 6.45) is 7.11. The van der Waals surface area contributed by atoms with E-state index in [0.717, 1.165) is 0 Å². The number of terminal acetylenes is 1. The number of carbonyl (C=O) groups excluding carboxylic acids is 2. The van der Waals surface area contributed by atoms with Crippen LogP contribution in [0.15, 0.2) is 52.7 Å². The predicted octanol–water partition coefficient (Wildman–Crippen LogP) is 5.21. The number of hydrogen-bond acceptors (Lipinski definition) is 6. The van der Waals surface area contributed by atoms with Crippen LogP contribution in [0.3, 0.4) is 0 Å². The van der Waals surface area contributed by atoms with Crippen LogP contribution in [0.25, 0.3) is 0 Å². The van der Waals surface area contributed by atoms with Crippen molar-refractivity contribution in [1.29, 1.82) is 0 Å². The van der Waals surface area contributed by atoms with Gasteiger partial charge in [0, 0.05) is 30.7 Å². The molecule has 7 nitrogen and oxygen atoms in total. The zero-order chi connectivity index (χ0) is 21.6. The Balaban J connectivity index is 1.67. The first-order chi connectivity index (χ1) is 14.4. The number of carbonyl (C=O) groups is 2. The average Bonchev–Trinajstić information content (AvgIpc) is 3.53. The molecule has 3 rings (SSSR count). The molecule has 2 aromatic carbocycles. The van der Waals surface area contributed by atoms with E-state index in [1.54, 1.807) is 36.4 Å². The molecule has 1 heterocycles. The molecule has 0 bridgehead atoms. The highest BCUT2D eigenvalue weighted by atomic mass is 35.5. The Kier molecular flexibility index (Phi) is 6.70. The lowest BCUT2D eigenvalue weighted by atomic mass is 10.0. The second-order valence-electron chi connectivity index (χ2n) is 6.69. The third kappa shape index (κ3) is 5.58. The number of anilines is 1. The second-order valence-corrected chi connectivity index (χ2v) is 7.13. The first-order valence-corrected chi connectivity index (χ1v) is 9.66. The summed E-state index contributed by atoms with van der Waals surface area (Å²) in [5, 5.41) is 11.4. The monoisotopic (exact) mass is 425 g/mol. The van der Waals surface area contributed by atoms with Gasteiger partial charge in [-0.15, -0.1) is 12.3 Å². The fourth-order valence-corrected chi connectivity index (χ4v) is 2.93. The van der Waals surface area contributed by atoms with E-state index in [-0.39, 0.29) is 17.9 Å². The molecule has 0 saturated carbocycles. The SMILES string of the molecule is C#CCCC1(CCC(=O)Nc2ccc(Oc3ccc(Cl)cc3)cc2C(=O)OC)N=N1. The topological polar surface area (TPSA) is 89.3 Å². The lowest BCUT2D eigenvalue weighted by Crippen LogP contribution is -2.19. The van der Waals surface area contributed by atoms with Crippen molar-refractivity contribution in [3.8, 4) is 23.8 Å². The lowest BCUT2D eigenvalue weighted by Gasteiger charge is -2.13. The number of rotatable bonds is 9. The third-order valence-corrected chi connectivity index (χ3v) is 4.78. The first kappa shape index (κ1) is 21.3. The Hall–Kier alpha value is -3.37. The Morgan fingerprint density at radius 1 is 1.13 bits per heavy atom. The van der Waals surface area contributed by atoms with Crippen molar-refractivity contribution >= 4 is 29.2 Å². The van der Waals surface area contributed by atoms with E-state index < -0.39 is 11.6 Å². The minimum atomic E-state index is -0.593. The van der Waals surface area contributed by atoms with E-state index in [1.165, 1.54) is 13.2 Å². The molecule has 30 heavy (non-hydrogen) atoms. The molecule has 1 aliphatic rings. The van der Waals surface area contributed by atoms with Gasteiger partial charge in [-0.1, -0.05) is 11.6 Å². The molecule has 0 aromatic heterocycles. The van der Waals surface area contributed by atoms with Crippen molar-refractivity contribution in [2.75, 3.05) is 12.4 Å². The van der Waals surface area contributed by atoms with Gasteiger partial charge in [0.1, 0.15) is 11.5 Å². The molecule has 154 valence electrons. The van der Waals surface area contributed by atoms with Gasteiger partial charge in [-0.25, -0.2) is 4.79 Å². The number of esters is 1. The number of hydrogen-bond donors (Lipinski definition) is 1. The van der Waals surface area contributed by atoms with Crippen LogP contribution in [0, 0.1) is 12.3 Å². The minimum Gasteiger partial charge on any atom is -0.465 e. The van der Waals surface area contributed by atoms with Gasteiger partial charge in [0.2, 0.25) is 5.91 Å². The van der Waals surface area contributed by atoms with Crippen molar-refractivity contribution in [3.05, 3.63) is 53.1 Å². The van der Waals surface area contributed by atoms with Crippen LogP contribution in [0.1, 0.15) is 36.0 Å². The summed E-state index contributed by atoms with van der Waals surface area (Å²) in [6.45, 7) is 0. The first-order valence-electron chi connectivity index (χ1n) is 9.28.